The molecular formula is C15H16ClN5OS. The van der Waals surface area contributed by atoms with Gasteiger partial charge in [-0.2, -0.15) is 0 Å². The molecule has 6 nitrogen and oxygen atoms in total. The lowest BCUT2D eigenvalue weighted by atomic mass is 9.73. The molecular weight excluding hydrogens is 334 g/mol. The average Bonchev–Trinajstić information content (AvgIpc) is 3.11. The van der Waals surface area contributed by atoms with Crippen LogP contribution >= 0.6 is 22.9 Å². The molecule has 1 N–H and O–H groups in total. The first kappa shape index (κ1) is 13.9. The minimum absolute atomic E-state index is 0.144. The number of fused-ring (bicyclic) bond motifs is 3. The highest BCUT2D eigenvalue weighted by Gasteiger charge is 2.52. The van der Waals surface area contributed by atoms with E-state index in [0.29, 0.717) is 11.9 Å². The van der Waals surface area contributed by atoms with Crippen LogP contribution < -0.4 is 5.32 Å². The number of rotatable bonds is 1. The molecule has 2 aromatic heterocycles. The monoisotopic (exact) mass is 349 g/mol. The van der Waals surface area contributed by atoms with Crippen molar-refractivity contribution in [3.05, 3.63) is 16.6 Å². The second-order valence-electron chi connectivity index (χ2n) is 6.55. The summed E-state index contributed by atoms with van der Waals surface area (Å²) in [5, 5.41) is 8.47. The van der Waals surface area contributed by atoms with Gasteiger partial charge in [0, 0.05) is 24.0 Å². The lowest BCUT2D eigenvalue weighted by Gasteiger charge is -2.49. The van der Waals surface area contributed by atoms with E-state index >= 15 is 0 Å². The largest absolute Gasteiger partial charge is 0.386 e. The first-order valence-electron chi connectivity index (χ1n) is 7.87. The summed E-state index contributed by atoms with van der Waals surface area (Å²) >= 11 is 7.47. The fourth-order valence-corrected chi connectivity index (χ4v) is 5.05. The van der Waals surface area contributed by atoms with E-state index in [1.165, 1.54) is 37.3 Å². The van der Waals surface area contributed by atoms with Gasteiger partial charge in [0.05, 0.1) is 10.8 Å². The molecule has 0 aromatic carbocycles. The number of nitrogens with one attached hydrogen (secondary N) is 1. The summed E-state index contributed by atoms with van der Waals surface area (Å²) in [5.41, 5.74) is -0.144. The van der Waals surface area contributed by atoms with Crippen LogP contribution in [0.1, 0.15) is 19.3 Å². The van der Waals surface area contributed by atoms with E-state index in [0.717, 1.165) is 33.4 Å². The topological polar surface area (TPSA) is 62.6 Å². The van der Waals surface area contributed by atoms with Gasteiger partial charge in [-0.1, -0.05) is 16.8 Å². The zero-order valence-corrected chi connectivity index (χ0v) is 14.0. The molecule has 0 radical (unpaired) electrons. The summed E-state index contributed by atoms with van der Waals surface area (Å²) in [6, 6.07) is 1.88. The number of hydrogen-bond donors (Lipinski definition) is 1. The number of aromatic nitrogens is 2. The van der Waals surface area contributed by atoms with Crippen molar-refractivity contribution in [2.45, 2.75) is 24.9 Å². The molecule has 6 heterocycles. The number of nitrogens with zero attached hydrogens (tertiary/aromatic N) is 4. The lowest BCUT2D eigenvalue weighted by Crippen LogP contribution is -2.59. The molecule has 1 spiro atoms. The minimum Gasteiger partial charge on any atom is -0.386 e. The molecule has 4 aliphatic heterocycles. The van der Waals surface area contributed by atoms with Crippen molar-refractivity contribution in [2.24, 2.45) is 11.1 Å². The summed E-state index contributed by atoms with van der Waals surface area (Å²) < 4.78 is 0.722. The molecule has 6 rings (SSSR count). The van der Waals surface area contributed by atoms with Gasteiger partial charge in [0.25, 0.3) is 0 Å². The second-order valence-corrected chi connectivity index (χ2v) is 8.21. The van der Waals surface area contributed by atoms with Crippen molar-refractivity contribution in [1.82, 2.24) is 14.9 Å². The van der Waals surface area contributed by atoms with Crippen LogP contribution in [0.2, 0.25) is 4.34 Å². The van der Waals surface area contributed by atoms with Gasteiger partial charge in [0.15, 0.2) is 11.4 Å². The Morgan fingerprint density at radius 1 is 1.39 bits per heavy atom. The van der Waals surface area contributed by atoms with Crippen LogP contribution in [-0.2, 0) is 4.84 Å². The minimum atomic E-state index is -0.144. The van der Waals surface area contributed by atoms with Gasteiger partial charge in [-0.25, -0.2) is 9.97 Å². The summed E-state index contributed by atoms with van der Waals surface area (Å²) in [5.74, 6) is 1.98. The molecule has 1 unspecified atom stereocenters. The molecule has 0 aliphatic carbocycles. The number of oxime groups is 1. The summed E-state index contributed by atoms with van der Waals surface area (Å²) in [4.78, 5) is 18.1. The Hall–Kier alpha value is -1.44. The van der Waals surface area contributed by atoms with Crippen LogP contribution in [-0.4, -0.2) is 45.9 Å². The number of hydrogen-bond acceptors (Lipinski definition) is 7. The van der Waals surface area contributed by atoms with Crippen molar-refractivity contribution < 1.29 is 4.84 Å². The molecule has 8 heteroatoms. The smallest absolute Gasteiger partial charge is 0.229 e. The van der Waals surface area contributed by atoms with E-state index in [-0.39, 0.29) is 5.60 Å². The van der Waals surface area contributed by atoms with Crippen molar-refractivity contribution in [3.63, 3.8) is 0 Å². The highest BCUT2D eigenvalue weighted by molar-refractivity contribution is 7.22. The maximum atomic E-state index is 6.02. The van der Waals surface area contributed by atoms with E-state index in [4.69, 9.17) is 16.4 Å². The van der Waals surface area contributed by atoms with Gasteiger partial charge in [-0.3, -0.25) is 4.90 Å². The molecule has 3 fully saturated rings. The van der Waals surface area contributed by atoms with Crippen molar-refractivity contribution in [3.8, 4) is 0 Å². The third-order valence-electron chi connectivity index (χ3n) is 5.13. The molecule has 1 atom stereocenters. The van der Waals surface area contributed by atoms with Crippen LogP contribution in [0.15, 0.2) is 17.4 Å². The molecule has 0 saturated carbocycles. The molecule has 0 amide bonds. The van der Waals surface area contributed by atoms with E-state index in [1.807, 2.05) is 6.07 Å². The van der Waals surface area contributed by atoms with Crippen molar-refractivity contribution >= 4 is 44.9 Å². The third-order valence-corrected chi connectivity index (χ3v) is 6.30. The third kappa shape index (κ3) is 2.29. The zero-order chi connectivity index (χ0) is 15.4. The number of halogens is 1. The van der Waals surface area contributed by atoms with Gasteiger partial charge in [-0.05, 0) is 32.0 Å². The van der Waals surface area contributed by atoms with Crippen LogP contribution in [0.4, 0.5) is 5.95 Å². The maximum Gasteiger partial charge on any atom is 0.229 e. The molecule has 120 valence electrons. The lowest BCUT2D eigenvalue weighted by molar-refractivity contribution is -0.136. The summed E-state index contributed by atoms with van der Waals surface area (Å²) in [6.07, 6.45) is 5.01. The highest BCUT2D eigenvalue weighted by atomic mass is 35.5. The van der Waals surface area contributed by atoms with Gasteiger partial charge < -0.3 is 10.2 Å². The van der Waals surface area contributed by atoms with E-state index in [2.05, 4.69) is 25.3 Å². The SMILES string of the molecule is Clc1cc2cnc(NC3=NOC4(C3)CN3CCC4CC3)nc2s1. The molecule has 23 heavy (non-hydrogen) atoms. The first-order valence-corrected chi connectivity index (χ1v) is 9.06. The fraction of sp³-hybridized carbons (Fsp3) is 0.533. The standard InChI is InChI=1S/C15H16ClN5OS/c16-11-5-9-7-17-14(19-13(9)23-11)18-12-6-15(22-20-12)8-21-3-1-10(15)2-4-21/h5,7,10H,1-4,6,8H2,(H,17,18,19,20). The first-order chi connectivity index (χ1) is 11.2. The Morgan fingerprint density at radius 2 is 2.26 bits per heavy atom. The van der Waals surface area contributed by atoms with E-state index < -0.39 is 0 Å². The van der Waals surface area contributed by atoms with Crippen LogP contribution in [0, 0.1) is 5.92 Å². The number of piperidine rings is 3. The Balaban J connectivity index is 1.35. The second kappa shape index (κ2) is 5.03. The number of thiophene rings is 1. The summed E-state index contributed by atoms with van der Waals surface area (Å²) in [6.45, 7) is 3.36. The fourth-order valence-electron chi connectivity index (χ4n) is 3.98. The maximum absolute atomic E-state index is 6.02. The Kier molecular flexibility index (Phi) is 3.05. The molecule has 3 saturated heterocycles. The molecule has 2 aromatic rings. The Morgan fingerprint density at radius 3 is 3.04 bits per heavy atom. The quantitative estimate of drug-likeness (QED) is 0.857. The van der Waals surface area contributed by atoms with Gasteiger partial charge in [0.2, 0.25) is 5.95 Å². The van der Waals surface area contributed by atoms with Crippen LogP contribution in [0.25, 0.3) is 10.2 Å². The van der Waals surface area contributed by atoms with Gasteiger partial charge in [0.1, 0.15) is 4.83 Å². The molecule has 2 bridgehead atoms. The van der Waals surface area contributed by atoms with Gasteiger partial charge in [-0.15, -0.1) is 11.3 Å². The summed E-state index contributed by atoms with van der Waals surface area (Å²) in [7, 11) is 0. The van der Waals surface area contributed by atoms with E-state index in [9.17, 15) is 0 Å². The number of amidine groups is 1. The van der Waals surface area contributed by atoms with Crippen molar-refractivity contribution in [1.29, 1.82) is 0 Å². The highest BCUT2D eigenvalue weighted by Crippen LogP contribution is 2.43. The predicted octanol–water partition coefficient (Wildman–Crippen LogP) is 2.95. The van der Waals surface area contributed by atoms with E-state index in [1.54, 1.807) is 6.20 Å². The predicted molar refractivity (Wildman–Crippen MR) is 91.1 cm³/mol. The zero-order valence-electron chi connectivity index (χ0n) is 12.5. The Bertz CT molecular complexity index is 800. The Labute approximate surface area is 142 Å². The number of anilines is 1. The van der Waals surface area contributed by atoms with Crippen molar-refractivity contribution in [2.75, 3.05) is 25.0 Å². The van der Waals surface area contributed by atoms with Gasteiger partial charge >= 0.3 is 0 Å². The van der Waals surface area contributed by atoms with Crippen LogP contribution in [0.5, 0.6) is 0 Å². The van der Waals surface area contributed by atoms with Crippen LogP contribution in [0.3, 0.4) is 0 Å². The average molecular weight is 350 g/mol. The molecule has 4 aliphatic rings. The normalized spacial score (nSPS) is 32.3.